The fraction of sp³-hybridized carbons (Fsp3) is 0.600. The zero-order valence-electron chi connectivity index (χ0n) is 11.4. The molecule has 0 saturated heterocycles. The summed E-state index contributed by atoms with van der Waals surface area (Å²) in [6.45, 7) is 11.6. The molecule has 0 amide bonds. The van der Waals surface area contributed by atoms with E-state index < -0.39 is 0 Å². The summed E-state index contributed by atoms with van der Waals surface area (Å²) in [4.78, 5) is 0. The van der Waals surface area contributed by atoms with Gasteiger partial charge >= 0.3 is 0 Å². The first-order valence-electron chi connectivity index (χ1n) is 6.11. The highest BCUT2D eigenvalue weighted by Gasteiger charge is 2.41. The van der Waals surface area contributed by atoms with Gasteiger partial charge in [0, 0.05) is 12.7 Å². The molecule has 1 aliphatic rings. The topological polar surface area (TPSA) is 12.0 Å². The number of hydrogen-bond acceptors (Lipinski definition) is 1. The van der Waals surface area contributed by atoms with Crippen LogP contribution in [0, 0.1) is 6.92 Å². The van der Waals surface area contributed by atoms with Crippen LogP contribution >= 0.6 is 0 Å². The molecule has 0 fully saturated rings. The summed E-state index contributed by atoms with van der Waals surface area (Å²) in [5.74, 6) is 0. The smallest absolute Gasteiger partial charge is 0.0370 e. The number of nitrogens with one attached hydrogen (secondary N) is 1. The molecule has 0 atom stereocenters. The summed E-state index contributed by atoms with van der Waals surface area (Å²) in [6, 6.07) is 4.72. The van der Waals surface area contributed by atoms with Gasteiger partial charge in [-0.15, -0.1) is 0 Å². The van der Waals surface area contributed by atoms with Crippen LogP contribution < -0.4 is 5.32 Å². The predicted octanol–water partition coefficient (Wildman–Crippen LogP) is 4.00. The molecule has 0 aliphatic heterocycles. The fourth-order valence-corrected chi connectivity index (χ4v) is 3.39. The highest BCUT2D eigenvalue weighted by molar-refractivity contribution is 5.59. The van der Waals surface area contributed by atoms with Gasteiger partial charge in [-0.05, 0) is 46.9 Å². The first-order chi connectivity index (χ1) is 7.28. The average Bonchev–Trinajstić information content (AvgIpc) is 2.31. The second-order valence-corrected chi connectivity index (χ2v) is 6.41. The zero-order valence-corrected chi connectivity index (χ0v) is 11.4. The van der Waals surface area contributed by atoms with Gasteiger partial charge in [0.2, 0.25) is 0 Å². The molecule has 0 aromatic heterocycles. The molecule has 16 heavy (non-hydrogen) atoms. The molecule has 1 N–H and O–H groups in total. The van der Waals surface area contributed by atoms with Crippen molar-refractivity contribution >= 4 is 5.69 Å². The third-order valence-corrected chi connectivity index (χ3v) is 3.98. The third kappa shape index (κ3) is 1.53. The lowest BCUT2D eigenvalue weighted by Crippen LogP contribution is -2.17. The van der Waals surface area contributed by atoms with E-state index in [9.17, 15) is 0 Å². The second-order valence-electron chi connectivity index (χ2n) is 6.41. The molecule has 1 aromatic rings. The lowest BCUT2D eigenvalue weighted by molar-refractivity contribution is 0.403. The monoisotopic (exact) mass is 217 g/mol. The van der Waals surface area contributed by atoms with Crippen molar-refractivity contribution in [3.05, 3.63) is 28.8 Å². The molecule has 1 nitrogen and oxygen atoms in total. The number of rotatable bonds is 1. The van der Waals surface area contributed by atoms with Gasteiger partial charge in [-0.2, -0.15) is 0 Å². The largest absolute Gasteiger partial charge is 0.388 e. The standard InChI is InChI=1S/C15H23N/c1-10-7-11-12(8-13(10)16-6)15(4,5)9-14(11,2)3/h7-8,16H,9H2,1-6H3. The zero-order chi connectivity index (χ0) is 12.1. The Morgan fingerprint density at radius 3 is 2.00 bits per heavy atom. The molecule has 0 saturated carbocycles. The van der Waals surface area contributed by atoms with Crippen molar-refractivity contribution in [3.63, 3.8) is 0 Å². The normalized spacial score (nSPS) is 20.6. The lowest BCUT2D eigenvalue weighted by atomic mass is 9.82. The van der Waals surface area contributed by atoms with E-state index in [-0.39, 0.29) is 0 Å². The maximum absolute atomic E-state index is 3.29. The van der Waals surface area contributed by atoms with E-state index in [0.29, 0.717) is 10.8 Å². The Morgan fingerprint density at radius 2 is 1.50 bits per heavy atom. The van der Waals surface area contributed by atoms with E-state index in [2.05, 4.69) is 52.1 Å². The number of hydrogen-bond donors (Lipinski definition) is 1. The Kier molecular flexibility index (Phi) is 2.34. The number of anilines is 1. The summed E-state index contributed by atoms with van der Waals surface area (Å²) in [7, 11) is 2.00. The SMILES string of the molecule is CNc1cc2c(cc1C)C(C)(C)CC2(C)C. The van der Waals surface area contributed by atoms with Gasteiger partial charge in [-0.3, -0.25) is 0 Å². The van der Waals surface area contributed by atoms with Gasteiger partial charge in [0.1, 0.15) is 0 Å². The molecule has 0 unspecified atom stereocenters. The maximum Gasteiger partial charge on any atom is 0.0370 e. The summed E-state index contributed by atoms with van der Waals surface area (Å²) < 4.78 is 0. The summed E-state index contributed by atoms with van der Waals surface area (Å²) in [5, 5.41) is 3.29. The lowest BCUT2D eigenvalue weighted by Gasteiger charge is -2.22. The van der Waals surface area contributed by atoms with Crippen LogP contribution in [-0.4, -0.2) is 7.05 Å². The minimum absolute atomic E-state index is 0.304. The van der Waals surface area contributed by atoms with E-state index in [4.69, 9.17) is 0 Å². The Labute approximate surface area is 99.3 Å². The van der Waals surface area contributed by atoms with Gasteiger partial charge in [0.05, 0.1) is 0 Å². The number of benzene rings is 1. The van der Waals surface area contributed by atoms with Crippen LogP contribution in [0.15, 0.2) is 12.1 Å². The minimum atomic E-state index is 0.304. The van der Waals surface area contributed by atoms with Gasteiger partial charge < -0.3 is 5.32 Å². The van der Waals surface area contributed by atoms with E-state index >= 15 is 0 Å². The van der Waals surface area contributed by atoms with Crippen molar-refractivity contribution in [2.75, 3.05) is 12.4 Å². The highest BCUT2D eigenvalue weighted by atomic mass is 14.8. The van der Waals surface area contributed by atoms with Gasteiger partial charge in [0.25, 0.3) is 0 Å². The Balaban J connectivity index is 2.67. The molecular weight excluding hydrogens is 194 g/mol. The van der Waals surface area contributed by atoms with Crippen molar-refractivity contribution in [2.24, 2.45) is 0 Å². The molecule has 88 valence electrons. The summed E-state index contributed by atoms with van der Waals surface area (Å²) >= 11 is 0. The number of aryl methyl sites for hydroxylation is 1. The molecule has 0 radical (unpaired) electrons. The van der Waals surface area contributed by atoms with Crippen molar-refractivity contribution in [1.82, 2.24) is 0 Å². The first kappa shape index (κ1) is 11.5. The summed E-state index contributed by atoms with van der Waals surface area (Å²) in [5.41, 5.74) is 6.30. The molecule has 0 spiro atoms. The molecule has 1 aliphatic carbocycles. The van der Waals surface area contributed by atoms with Crippen LogP contribution in [0.1, 0.15) is 50.8 Å². The maximum atomic E-state index is 3.29. The molecule has 1 aromatic carbocycles. The van der Waals surface area contributed by atoms with Crippen molar-refractivity contribution in [3.8, 4) is 0 Å². The molecular formula is C15H23N. The van der Waals surface area contributed by atoms with E-state index in [0.717, 1.165) is 0 Å². The quantitative estimate of drug-likeness (QED) is 0.750. The Bertz CT molecular complexity index is 427. The molecule has 1 heteroatoms. The highest BCUT2D eigenvalue weighted by Crippen LogP contribution is 2.50. The van der Waals surface area contributed by atoms with Gasteiger partial charge in [0.15, 0.2) is 0 Å². The molecule has 0 bridgehead atoms. The summed E-state index contributed by atoms with van der Waals surface area (Å²) in [6.07, 6.45) is 1.24. The van der Waals surface area contributed by atoms with Crippen LogP contribution in [0.4, 0.5) is 5.69 Å². The van der Waals surface area contributed by atoms with E-state index in [1.54, 1.807) is 0 Å². The van der Waals surface area contributed by atoms with Crippen LogP contribution in [0.25, 0.3) is 0 Å². The van der Waals surface area contributed by atoms with Crippen LogP contribution in [0.3, 0.4) is 0 Å². The van der Waals surface area contributed by atoms with Crippen LogP contribution in [-0.2, 0) is 10.8 Å². The number of fused-ring (bicyclic) bond motifs is 1. The van der Waals surface area contributed by atoms with Crippen molar-refractivity contribution < 1.29 is 0 Å². The van der Waals surface area contributed by atoms with E-state index in [1.807, 2.05) is 7.05 Å². The predicted molar refractivity (Wildman–Crippen MR) is 71.4 cm³/mol. The van der Waals surface area contributed by atoms with Crippen LogP contribution in [0.2, 0.25) is 0 Å². The molecule has 2 rings (SSSR count). The van der Waals surface area contributed by atoms with E-state index in [1.165, 1.54) is 28.8 Å². The molecule has 0 heterocycles. The first-order valence-corrected chi connectivity index (χ1v) is 6.11. The second kappa shape index (κ2) is 3.26. The Morgan fingerprint density at radius 1 is 1.00 bits per heavy atom. The van der Waals surface area contributed by atoms with Gasteiger partial charge in [-0.25, -0.2) is 0 Å². The van der Waals surface area contributed by atoms with Crippen molar-refractivity contribution in [1.29, 1.82) is 0 Å². The average molecular weight is 217 g/mol. The van der Waals surface area contributed by atoms with Gasteiger partial charge in [-0.1, -0.05) is 33.8 Å². The van der Waals surface area contributed by atoms with Crippen LogP contribution in [0.5, 0.6) is 0 Å². The third-order valence-electron chi connectivity index (χ3n) is 3.98. The fourth-order valence-electron chi connectivity index (χ4n) is 3.39. The van der Waals surface area contributed by atoms with Crippen molar-refractivity contribution in [2.45, 2.75) is 51.9 Å². The Hall–Kier alpha value is -0.980. The minimum Gasteiger partial charge on any atom is -0.388 e.